The molecule has 1 unspecified atom stereocenters. The Morgan fingerprint density at radius 3 is 2.76 bits per heavy atom. The van der Waals surface area contributed by atoms with Crippen molar-refractivity contribution >= 4 is 10.0 Å². The quantitative estimate of drug-likeness (QED) is 0.724. The number of rotatable bonds is 7. The second-order valence-corrected chi connectivity index (χ2v) is 6.41. The van der Waals surface area contributed by atoms with Crippen molar-refractivity contribution in [1.82, 2.24) is 9.62 Å². The maximum Gasteiger partial charge on any atom is 0.214 e. The normalized spacial score (nSPS) is 21.9. The van der Waals surface area contributed by atoms with Crippen molar-refractivity contribution in [1.29, 1.82) is 0 Å². The third-order valence-electron chi connectivity index (χ3n) is 3.03. The van der Waals surface area contributed by atoms with Crippen molar-refractivity contribution in [3.05, 3.63) is 0 Å². The van der Waals surface area contributed by atoms with Crippen LogP contribution in [0.4, 0.5) is 0 Å². The Morgan fingerprint density at radius 1 is 1.41 bits per heavy atom. The smallest absolute Gasteiger partial charge is 0.214 e. The van der Waals surface area contributed by atoms with E-state index in [0.29, 0.717) is 13.2 Å². The van der Waals surface area contributed by atoms with Gasteiger partial charge < -0.3 is 9.64 Å². The summed E-state index contributed by atoms with van der Waals surface area (Å²) in [6.07, 6.45) is 2.85. The van der Waals surface area contributed by atoms with Gasteiger partial charge in [0.15, 0.2) is 0 Å². The molecule has 0 radical (unpaired) electrons. The molecule has 0 aliphatic carbocycles. The van der Waals surface area contributed by atoms with Crippen LogP contribution < -0.4 is 4.72 Å². The van der Waals surface area contributed by atoms with E-state index in [9.17, 15) is 8.42 Å². The summed E-state index contributed by atoms with van der Waals surface area (Å²) in [4.78, 5) is 2.07. The van der Waals surface area contributed by atoms with Crippen LogP contribution in [0, 0.1) is 0 Å². The van der Waals surface area contributed by atoms with Crippen LogP contribution >= 0.6 is 0 Å². The van der Waals surface area contributed by atoms with Gasteiger partial charge in [0.2, 0.25) is 10.0 Å². The van der Waals surface area contributed by atoms with Crippen LogP contribution in [0.2, 0.25) is 0 Å². The molecule has 0 bridgehead atoms. The van der Waals surface area contributed by atoms with Gasteiger partial charge in [-0.25, -0.2) is 13.1 Å². The van der Waals surface area contributed by atoms with Crippen LogP contribution in [0.3, 0.4) is 0 Å². The zero-order valence-electron chi connectivity index (χ0n) is 10.8. The van der Waals surface area contributed by atoms with Gasteiger partial charge in [0.25, 0.3) is 0 Å². The molecule has 1 rings (SSSR count). The Bertz CT molecular complexity index is 300. The average molecular weight is 264 g/mol. The Labute approximate surface area is 105 Å². The third-order valence-corrected chi connectivity index (χ3v) is 4.49. The zero-order valence-corrected chi connectivity index (χ0v) is 11.6. The van der Waals surface area contributed by atoms with Crippen LogP contribution in [0.15, 0.2) is 0 Å². The molecule has 0 saturated carbocycles. The zero-order chi connectivity index (χ0) is 12.7. The SMILES string of the molecule is CCN(C)CCNS(=O)(=O)CC1CCCCO1. The Morgan fingerprint density at radius 2 is 2.18 bits per heavy atom. The molecule has 0 aromatic carbocycles. The molecule has 1 N–H and O–H groups in total. The number of sulfonamides is 1. The molecule has 1 aliphatic heterocycles. The van der Waals surface area contributed by atoms with Gasteiger partial charge in [-0.05, 0) is 32.9 Å². The molecule has 1 heterocycles. The van der Waals surface area contributed by atoms with E-state index >= 15 is 0 Å². The van der Waals surface area contributed by atoms with Gasteiger partial charge in [0.1, 0.15) is 0 Å². The molecule has 1 aliphatic rings. The number of nitrogens with one attached hydrogen (secondary N) is 1. The molecule has 102 valence electrons. The molecule has 6 heteroatoms. The standard InChI is InChI=1S/C11H24N2O3S/c1-3-13(2)8-7-12-17(14,15)10-11-6-4-5-9-16-11/h11-12H,3-10H2,1-2H3. The molecule has 0 aromatic rings. The van der Waals surface area contributed by atoms with Crippen molar-refractivity contribution in [2.45, 2.75) is 32.3 Å². The second kappa shape index (κ2) is 7.31. The Hall–Kier alpha value is -0.170. The fraction of sp³-hybridized carbons (Fsp3) is 1.00. The van der Waals surface area contributed by atoms with Gasteiger partial charge in [-0.1, -0.05) is 6.92 Å². The van der Waals surface area contributed by atoms with Gasteiger partial charge in [-0.3, -0.25) is 0 Å². The van der Waals surface area contributed by atoms with E-state index in [1.54, 1.807) is 0 Å². The van der Waals surface area contributed by atoms with E-state index in [4.69, 9.17) is 4.74 Å². The van der Waals surface area contributed by atoms with Crippen LogP contribution in [0.25, 0.3) is 0 Å². The molecule has 0 aromatic heterocycles. The maximum atomic E-state index is 11.8. The molecule has 1 fully saturated rings. The van der Waals surface area contributed by atoms with Crippen LogP contribution in [0.5, 0.6) is 0 Å². The number of hydrogen-bond donors (Lipinski definition) is 1. The predicted molar refractivity (Wildman–Crippen MR) is 68.6 cm³/mol. The minimum Gasteiger partial charge on any atom is -0.377 e. The molecule has 1 atom stereocenters. The maximum absolute atomic E-state index is 11.8. The molecular weight excluding hydrogens is 240 g/mol. The number of likely N-dealkylation sites (N-methyl/N-ethyl adjacent to an activating group) is 1. The first-order valence-electron chi connectivity index (χ1n) is 6.31. The minimum absolute atomic E-state index is 0.100. The van der Waals surface area contributed by atoms with E-state index in [2.05, 4.69) is 9.62 Å². The van der Waals surface area contributed by atoms with Crippen molar-refractivity contribution in [2.75, 3.05) is 39.0 Å². The fourth-order valence-corrected chi connectivity index (χ4v) is 3.07. The molecular formula is C11H24N2O3S. The summed E-state index contributed by atoms with van der Waals surface area (Å²) >= 11 is 0. The first kappa shape index (κ1) is 14.9. The molecule has 0 spiro atoms. The lowest BCUT2D eigenvalue weighted by Gasteiger charge is -2.22. The summed E-state index contributed by atoms with van der Waals surface area (Å²) in [5.41, 5.74) is 0. The summed E-state index contributed by atoms with van der Waals surface area (Å²) in [5.74, 6) is 0.100. The van der Waals surface area contributed by atoms with Gasteiger partial charge in [-0.15, -0.1) is 0 Å². The molecule has 5 nitrogen and oxygen atoms in total. The summed E-state index contributed by atoms with van der Waals surface area (Å²) in [7, 11) is -1.22. The van der Waals surface area contributed by atoms with E-state index in [1.165, 1.54) is 0 Å². The average Bonchev–Trinajstić information content (AvgIpc) is 2.29. The van der Waals surface area contributed by atoms with Crippen LogP contribution in [-0.4, -0.2) is 58.5 Å². The van der Waals surface area contributed by atoms with E-state index in [1.807, 2.05) is 14.0 Å². The second-order valence-electron chi connectivity index (χ2n) is 4.56. The van der Waals surface area contributed by atoms with Gasteiger partial charge in [-0.2, -0.15) is 0 Å². The molecule has 0 amide bonds. The number of nitrogens with zero attached hydrogens (tertiary/aromatic N) is 1. The predicted octanol–water partition coefficient (Wildman–Crippen LogP) is 0.427. The van der Waals surface area contributed by atoms with Crippen molar-refractivity contribution in [2.24, 2.45) is 0 Å². The monoisotopic (exact) mass is 264 g/mol. The lowest BCUT2D eigenvalue weighted by atomic mass is 10.1. The lowest BCUT2D eigenvalue weighted by molar-refractivity contribution is 0.0304. The van der Waals surface area contributed by atoms with E-state index in [0.717, 1.165) is 32.4 Å². The van der Waals surface area contributed by atoms with Crippen molar-refractivity contribution < 1.29 is 13.2 Å². The highest BCUT2D eigenvalue weighted by Crippen LogP contribution is 2.13. The van der Waals surface area contributed by atoms with Crippen molar-refractivity contribution in [3.63, 3.8) is 0 Å². The first-order valence-corrected chi connectivity index (χ1v) is 7.96. The van der Waals surface area contributed by atoms with Crippen LogP contribution in [0.1, 0.15) is 26.2 Å². The highest BCUT2D eigenvalue weighted by molar-refractivity contribution is 7.89. The highest BCUT2D eigenvalue weighted by Gasteiger charge is 2.21. The van der Waals surface area contributed by atoms with E-state index in [-0.39, 0.29) is 11.9 Å². The molecule has 17 heavy (non-hydrogen) atoms. The van der Waals surface area contributed by atoms with Gasteiger partial charge in [0, 0.05) is 19.7 Å². The van der Waals surface area contributed by atoms with Crippen LogP contribution in [-0.2, 0) is 14.8 Å². The van der Waals surface area contributed by atoms with Gasteiger partial charge in [0.05, 0.1) is 11.9 Å². The highest BCUT2D eigenvalue weighted by atomic mass is 32.2. The largest absolute Gasteiger partial charge is 0.377 e. The lowest BCUT2D eigenvalue weighted by Crippen LogP contribution is -2.38. The summed E-state index contributed by atoms with van der Waals surface area (Å²) in [6.45, 7) is 4.87. The third kappa shape index (κ3) is 6.35. The Kier molecular flexibility index (Phi) is 6.40. The fourth-order valence-electron chi connectivity index (χ4n) is 1.79. The van der Waals surface area contributed by atoms with Gasteiger partial charge >= 0.3 is 0 Å². The summed E-state index contributed by atoms with van der Waals surface area (Å²) in [5, 5.41) is 0. The van der Waals surface area contributed by atoms with Crippen molar-refractivity contribution in [3.8, 4) is 0 Å². The first-order chi connectivity index (χ1) is 8.03. The summed E-state index contributed by atoms with van der Waals surface area (Å²) in [6, 6.07) is 0. The molecule has 1 saturated heterocycles. The Balaban J connectivity index is 2.25. The topological polar surface area (TPSA) is 58.6 Å². The number of hydrogen-bond acceptors (Lipinski definition) is 4. The summed E-state index contributed by atoms with van der Waals surface area (Å²) < 4.78 is 31.6. The number of ether oxygens (including phenoxy) is 1. The van der Waals surface area contributed by atoms with E-state index < -0.39 is 10.0 Å². The minimum atomic E-state index is -3.19.